The molecule has 0 atom stereocenters. The molecule has 0 rings (SSSR count). The highest BCUT2D eigenvalue weighted by molar-refractivity contribution is 7.89. The highest BCUT2D eigenvalue weighted by atomic mass is 32.2. The minimum absolute atomic E-state index is 0.00958. The van der Waals surface area contributed by atoms with Gasteiger partial charge in [0.2, 0.25) is 10.0 Å². The Labute approximate surface area is 74.4 Å². The normalized spacial score (nSPS) is 13.3. The largest absolute Gasteiger partial charge is 0.375 e. The zero-order valence-corrected chi connectivity index (χ0v) is 8.86. The van der Waals surface area contributed by atoms with Crippen LogP contribution in [0.5, 0.6) is 0 Å². The van der Waals surface area contributed by atoms with Crippen molar-refractivity contribution in [3.8, 4) is 0 Å². The summed E-state index contributed by atoms with van der Waals surface area (Å²) in [5, 5.41) is 0. The molecule has 0 radical (unpaired) electrons. The van der Waals surface area contributed by atoms with Gasteiger partial charge in [-0.1, -0.05) is 0 Å². The maximum Gasteiger partial charge on any atom is 0.214 e. The summed E-state index contributed by atoms with van der Waals surface area (Å²) in [4.78, 5) is 0. The van der Waals surface area contributed by atoms with Crippen LogP contribution in [0.1, 0.15) is 20.8 Å². The monoisotopic (exact) mass is 195 g/mol. The van der Waals surface area contributed by atoms with Crippen LogP contribution < -0.4 is 4.72 Å². The van der Waals surface area contributed by atoms with Crippen molar-refractivity contribution in [2.24, 2.45) is 0 Å². The van der Waals surface area contributed by atoms with Crippen LogP contribution in [0.4, 0.5) is 0 Å². The minimum atomic E-state index is -3.17. The molecule has 74 valence electrons. The van der Waals surface area contributed by atoms with Gasteiger partial charge in [0.25, 0.3) is 0 Å². The van der Waals surface area contributed by atoms with Crippen molar-refractivity contribution in [2.75, 3.05) is 19.4 Å². The molecule has 0 unspecified atom stereocenters. The highest BCUT2D eigenvalue weighted by Gasteiger charge is 2.25. The fourth-order valence-corrected chi connectivity index (χ4v) is 2.11. The topological polar surface area (TPSA) is 55.4 Å². The smallest absolute Gasteiger partial charge is 0.214 e. The van der Waals surface area contributed by atoms with Crippen molar-refractivity contribution in [1.82, 2.24) is 4.72 Å². The Morgan fingerprint density at radius 3 is 2.25 bits per heavy atom. The fourth-order valence-electron chi connectivity index (χ4n) is 0.962. The number of rotatable bonds is 5. The van der Waals surface area contributed by atoms with E-state index in [9.17, 15) is 8.42 Å². The molecule has 0 saturated heterocycles. The first kappa shape index (κ1) is 11.9. The molecule has 0 aliphatic carbocycles. The molecule has 0 aromatic heterocycles. The summed E-state index contributed by atoms with van der Waals surface area (Å²) in [6, 6.07) is 0. The van der Waals surface area contributed by atoms with Crippen molar-refractivity contribution in [3.05, 3.63) is 0 Å². The van der Waals surface area contributed by atoms with Crippen LogP contribution in [0.2, 0.25) is 0 Å². The molecule has 0 heterocycles. The van der Waals surface area contributed by atoms with E-state index in [1.54, 1.807) is 13.8 Å². The average Bonchev–Trinajstić information content (AvgIpc) is 1.85. The number of hydrogen-bond acceptors (Lipinski definition) is 3. The average molecular weight is 195 g/mol. The third kappa shape index (κ3) is 4.69. The quantitative estimate of drug-likeness (QED) is 0.688. The van der Waals surface area contributed by atoms with E-state index >= 15 is 0 Å². The molecular formula is C7H17NO3S. The van der Waals surface area contributed by atoms with Gasteiger partial charge >= 0.3 is 0 Å². The molecule has 0 bridgehead atoms. The molecule has 1 N–H and O–H groups in total. The highest BCUT2D eigenvalue weighted by Crippen LogP contribution is 2.10. The molecule has 0 fully saturated rings. The van der Waals surface area contributed by atoms with Crippen LogP contribution in [-0.2, 0) is 14.8 Å². The van der Waals surface area contributed by atoms with Crippen LogP contribution >= 0.6 is 0 Å². The van der Waals surface area contributed by atoms with Gasteiger partial charge in [0.1, 0.15) is 0 Å². The van der Waals surface area contributed by atoms with E-state index in [-0.39, 0.29) is 5.75 Å². The molecular weight excluding hydrogens is 178 g/mol. The first-order valence-electron chi connectivity index (χ1n) is 3.88. The number of hydrogen-bond donors (Lipinski definition) is 1. The molecule has 0 aliphatic heterocycles. The van der Waals surface area contributed by atoms with Crippen molar-refractivity contribution in [3.63, 3.8) is 0 Å². The molecule has 0 saturated carbocycles. The van der Waals surface area contributed by atoms with Crippen molar-refractivity contribution >= 4 is 10.0 Å². The second kappa shape index (κ2) is 4.20. The van der Waals surface area contributed by atoms with Crippen molar-refractivity contribution < 1.29 is 13.2 Å². The Kier molecular flexibility index (Phi) is 4.16. The van der Waals surface area contributed by atoms with Gasteiger partial charge in [-0.05, 0) is 27.8 Å². The van der Waals surface area contributed by atoms with Crippen LogP contribution in [0.3, 0.4) is 0 Å². The molecule has 12 heavy (non-hydrogen) atoms. The Bertz CT molecular complexity index is 221. The van der Waals surface area contributed by atoms with E-state index in [1.807, 2.05) is 6.92 Å². The third-order valence-electron chi connectivity index (χ3n) is 1.38. The SMILES string of the molecule is CCOC(C)(C)CS(=O)(=O)NC. The second-order valence-electron chi connectivity index (χ2n) is 3.16. The van der Waals surface area contributed by atoms with E-state index in [2.05, 4.69) is 4.72 Å². The van der Waals surface area contributed by atoms with Gasteiger partial charge in [-0.25, -0.2) is 13.1 Å². The van der Waals surface area contributed by atoms with Gasteiger partial charge in [0.05, 0.1) is 11.4 Å². The first-order chi connectivity index (χ1) is 5.33. The predicted octanol–water partition coefficient (Wildman–Crippen LogP) is 0.351. The second-order valence-corrected chi connectivity index (χ2v) is 5.08. The van der Waals surface area contributed by atoms with Crippen LogP contribution in [-0.4, -0.2) is 33.4 Å². The van der Waals surface area contributed by atoms with Gasteiger partial charge in [-0.15, -0.1) is 0 Å². The first-order valence-corrected chi connectivity index (χ1v) is 5.53. The summed E-state index contributed by atoms with van der Waals surface area (Å²) in [7, 11) is -1.77. The zero-order chi connectivity index (χ0) is 9.83. The molecule has 5 heteroatoms. The maximum absolute atomic E-state index is 11.1. The van der Waals surface area contributed by atoms with E-state index in [0.29, 0.717) is 6.61 Å². The Morgan fingerprint density at radius 2 is 1.92 bits per heavy atom. The lowest BCUT2D eigenvalue weighted by molar-refractivity contribution is 0.00785. The van der Waals surface area contributed by atoms with E-state index < -0.39 is 15.6 Å². The lowest BCUT2D eigenvalue weighted by Gasteiger charge is -2.23. The van der Waals surface area contributed by atoms with Gasteiger partial charge < -0.3 is 4.74 Å². The summed E-state index contributed by atoms with van der Waals surface area (Å²) in [5.74, 6) is -0.00958. The van der Waals surface area contributed by atoms with Crippen LogP contribution in [0.25, 0.3) is 0 Å². The Hall–Kier alpha value is -0.130. The summed E-state index contributed by atoms with van der Waals surface area (Å²) in [6.07, 6.45) is 0. The number of sulfonamides is 1. The lowest BCUT2D eigenvalue weighted by Crippen LogP contribution is -2.38. The van der Waals surface area contributed by atoms with Crippen LogP contribution in [0.15, 0.2) is 0 Å². The standard InChI is InChI=1S/C7H17NO3S/c1-5-11-7(2,3)6-12(9,10)8-4/h8H,5-6H2,1-4H3. The molecule has 0 spiro atoms. The van der Waals surface area contributed by atoms with Gasteiger partial charge in [0.15, 0.2) is 0 Å². The Balaban J connectivity index is 4.24. The molecule has 0 amide bonds. The maximum atomic E-state index is 11.1. The van der Waals surface area contributed by atoms with Crippen molar-refractivity contribution in [1.29, 1.82) is 0 Å². The molecule has 0 aliphatic rings. The molecule has 0 aromatic rings. The van der Waals surface area contributed by atoms with E-state index in [4.69, 9.17) is 4.74 Å². The number of nitrogens with one attached hydrogen (secondary N) is 1. The van der Waals surface area contributed by atoms with Gasteiger partial charge in [0, 0.05) is 6.61 Å². The molecule has 0 aromatic carbocycles. The molecule has 4 nitrogen and oxygen atoms in total. The predicted molar refractivity (Wildman–Crippen MR) is 48.6 cm³/mol. The van der Waals surface area contributed by atoms with Gasteiger partial charge in [-0.2, -0.15) is 0 Å². The summed E-state index contributed by atoms with van der Waals surface area (Å²) in [6.45, 7) is 5.87. The van der Waals surface area contributed by atoms with Crippen LogP contribution in [0, 0.1) is 0 Å². The zero-order valence-electron chi connectivity index (χ0n) is 8.05. The Morgan fingerprint density at radius 1 is 1.42 bits per heavy atom. The van der Waals surface area contributed by atoms with E-state index in [0.717, 1.165) is 0 Å². The van der Waals surface area contributed by atoms with Crippen molar-refractivity contribution in [2.45, 2.75) is 26.4 Å². The minimum Gasteiger partial charge on any atom is -0.375 e. The fraction of sp³-hybridized carbons (Fsp3) is 1.00. The van der Waals surface area contributed by atoms with E-state index in [1.165, 1.54) is 7.05 Å². The summed E-state index contributed by atoms with van der Waals surface area (Å²) in [5.41, 5.74) is -0.614. The third-order valence-corrected chi connectivity index (χ3v) is 3.08. The summed E-state index contributed by atoms with van der Waals surface area (Å²) < 4.78 is 29.7. The number of ether oxygens (including phenoxy) is 1. The van der Waals surface area contributed by atoms with Gasteiger partial charge in [-0.3, -0.25) is 0 Å². The lowest BCUT2D eigenvalue weighted by atomic mass is 10.2. The summed E-state index contributed by atoms with van der Waals surface area (Å²) >= 11 is 0.